The van der Waals surface area contributed by atoms with E-state index in [0.29, 0.717) is 43.7 Å². The summed E-state index contributed by atoms with van der Waals surface area (Å²) in [6, 6.07) is 0. The molecule has 0 amide bonds. The van der Waals surface area contributed by atoms with Crippen LogP contribution < -0.4 is 5.32 Å². The fourth-order valence-electron chi connectivity index (χ4n) is 6.97. The molecule has 9 nitrogen and oxygen atoms in total. The van der Waals surface area contributed by atoms with Gasteiger partial charge in [0.05, 0.1) is 68.7 Å². The first-order chi connectivity index (χ1) is 21.8. The molecule has 9 heteroatoms. The maximum absolute atomic E-state index is 10.1. The van der Waals surface area contributed by atoms with Crippen LogP contribution in [0.2, 0.25) is 0 Å². The van der Waals surface area contributed by atoms with Crippen molar-refractivity contribution in [2.75, 3.05) is 52.5 Å². The van der Waals surface area contributed by atoms with Gasteiger partial charge in [-0.1, -0.05) is 57.8 Å². The van der Waals surface area contributed by atoms with Crippen LogP contribution in [-0.4, -0.2) is 123 Å². The number of morpholine rings is 2. The van der Waals surface area contributed by atoms with Crippen molar-refractivity contribution >= 4 is 0 Å². The van der Waals surface area contributed by atoms with E-state index in [1.807, 2.05) is 0 Å². The Bertz CT molecular complexity index is 694. The molecule has 6 fully saturated rings. The van der Waals surface area contributed by atoms with E-state index >= 15 is 0 Å². The summed E-state index contributed by atoms with van der Waals surface area (Å²) in [5, 5.41) is 22.3. The molecule has 0 aromatic carbocycles. The number of epoxide rings is 1. The van der Waals surface area contributed by atoms with E-state index < -0.39 is 0 Å². The minimum Gasteiger partial charge on any atom is -0.393 e. The van der Waals surface area contributed by atoms with Crippen molar-refractivity contribution in [2.24, 2.45) is 0 Å². The Kier molecular flexibility index (Phi) is 20.0. The van der Waals surface area contributed by atoms with E-state index in [9.17, 15) is 5.11 Å². The van der Waals surface area contributed by atoms with Crippen LogP contribution in [0, 0.1) is 0 Å². The molecule has 3 N–H and O–H groups in total. The van der Waals surface area contributed by atoms with Crippen molar-refractivity contribution in [3.63, 3.8) is 0 Å². The lowest BCUT2D eigenvalue weighted by atomic mass is 9.98. The van der Waals surface area contributed by atoms with Crippen LogP contribution in [0.3, 0.4) is 0 Å². The number of nitrogens with one attached hydrogen (secondary N) is 1. The average Bonchev–Trinajstić information content (AvgIpc) is 3.86. The Morgan fingerprint density at radius 3 is 1.58 bits per heavy atom. The second kappa shape index (κ2) is 23.1. The van der Waals surface area contributed by atoms with Gasteiger partial charge in [0.15, 0.2) is 0 Å². The highest BCUT2D eigenvalue weighted by Gasteiger charge is 2.26. The second-order valence-corrected chi connectivity index (χ2v) is 14.5. The highest BCUT2D eigenvalue weighted by atomic mass is 16.6. The van der Waals surface area contributed by atoms with Crippen molar-refractivity contribution < 1.29 is 33.9 Å². The minimum atomic E-state index is -0.376. The van der Waals surface area contributed by atoms with Crippen LogP contribution in [0.4, 0.5) is 0 Å². The molecule has 45 heavy (non-hydrogen) atoms. The first kappa shape index (κ1) is 39.1. The van der Waals surface area contributed by atoms with Crippen molar-refractivity contribution in [3.8, 4) is 0 Å². The zero-order chi connectivity index (χ0) is 32.3. The molecular formula is C36H70N2O7. The Morgan fingerprint density at radius 2 is 1.16 bits per heavy atom. The van der Waals surface area contributed by atoms with Gasteiger partial charge in [-0.15, -0.1) is 0 Å². The van der Waals surface area contributed by atoms with E-state index in [-0.39, 0.29) is 24.4 Å². The van der Waals surface area contributed by atoms with Gasteiger partial charge in [-0.3, -0.25) is 4.90 Å². The number of rotatable bonds is 8. The maximum atomic E-state index is 10.1. The minimum absolute atomic E-state index is 0.0359. The first-order valence-corrected chi connectivity index (χ1v) is 18.7. The van der Waals surface area contributed by atoms with Crippen molar-refractivity contribution in [1.29, 1.82) is 0 Å². The van der Waals surface area contributed by atoms with Gasteiger partial charge in [0.2, 0.25) is 0 Å². The summed E-state index contributed by atoms with van der Waals surface area (Å²) in [5.74, 6) is 0. The lowest BCUT2D eigenvalue weighted by Crippen LogP contribution is -2.48. The maximum Gasteiger partial charge on any atom is 0.104 e. The summed E-state index contributed by atoms with van der Waals surface area (Å²) in [7, 11) is 0. The quantitative estimate of drug-likeness (QED) is 0.307. The summed E-state index contributed by atoms with van der Waals surface area (Å²) < 4.78 is 27.7. The van der Waals surface area contributed by atoms with Crippen LogP contribution in [0.25, 0.3) is 0 Å². The molecule has 3 saturated heterocycles. The van der Waals surface area contributed by atoms with Gasteiger partial charge in [-0.2, -0.15) is 0 Å². The molecule has 3 heterocycles. The summed E-state index contributed by atoms with van der Waals surface area (Å²) in [4.78, 5) is 2.29. The molecule has 0 bridgehead atoms. The van der Waals surface area contributed by atoms with Crippen molar-refractivity contribution in [1.82, 2.24) is 10.2 Å². The van der Waals surface area contributed by atoms with E-state index in [1.54, 1.807) is 0 Å². The highest BCUT2D eigenvalue weighted by Crippen LogP contribution is 2.22. The highest BCUT2D eigenvalue weighted by molar-refractivity contribution is 4.76. The molecule has 0 aromatic rings. The second-order valence-electron chi connectivity index (χ2n) is 14.5. The number of nitrogens with zero attached hydrogens (tertiary/aromatic N) is 1. The molecule has 266 valence electrons. The van der Waals surface area contributed by atoms with Crippen LogP contribution in [0.1, 0.15) is 124 Å². The smallest absolute Gasteiger partial charge is 0.104 e. The third kappa shape index (κ3) is 19.3. The Morgan fingerprint density at radius 1 is 0.689 bits per heavy atom. The van der Waals surface area contributed by atoms with Gasteiger partial charge in [0.25, 0.3) is 0 Å². The van der Waals surface area contributed by atoms with E-state index in [0.717, 1.165) is 52.2 Å². The first-order valence-electron chi connectivity index (χ1n) is 18.7. The monoisotopic (exact) mass is 643 g/mol. The van der Waals surface area contributed by atoms with E-state index in [4.69, 9.17) is 28.8 Å². The largest absolute Gasteiger partial charge is 0.393 e. The molecule has 3 aliphatic carbocycles. The molecule has 0 aromatic heterocycles. The van der Waals surface area contributed by atoms with Gasteiger partial charge in [-0.25, -0.2) is 0 Å². The zero-order valence-electron chi connectivity index (χ0n) is 29.3. The summed E-state index contributed by atoms with van der Waals surface area (Å²) in [6.07, 6.45) is 21.1. The number of β-amino-alcohol motifs (C(OH)–C–C–N with tert-alkyl or cyclic N) is 1. The molecule has 6 aliphatic rings. The topological polar surface area (TPSA) is 105 Å². The van der Waals surface area contributed by atoms with Gasteiger partial charge in [0, 0.05) is 32.7 Å². The lowest BCUT2D eigenvalue weighted by molar-refractivity contribution is -0.0873. The molecule has 3 aliphatic heterocycles. The normalized spacial score (nSPS) is 32.5. The fraction of sp³-hybridized carbons (Fsp3) is 1.00. The third-order valence-corrected chi connectivity index (χ3v) is 9.42. The van der Waals surface area contributed by atoms with Crippen LogP contribution in [-0.2, 0) is 23.7 Å². The molecule has 6 rings (SSSR count). The molecular weight excluding hydrogens is 572 g/mol. The van der Waals surface area contributed by atoms with E-state index in [2.05, 4.69) is 37.9 Å². The Labute approximate surface area is 275 Å². The molecule has 6 atom stereocenters. The van der Waals surface area contributed by atoms with Gasteiger partial charge < -0.3 is 39.2 Å². The molecule has 0 spiro atoms. The number of aliphatic hydroxyl groups excluding tert-OH is 2. The number of hydrogen-bond donors (Lipinski definition) is 3. The molecule has 3 saturated carbocycles. The number of ether oxygens (including phenoxy) is 5. The number of aliphatic hydroxyl groups is 2. The molecule has 0 radical (unpaired) electrons. The van der Waals surface area contributed by atoms with Gasteiger partial charge in [0.1, 0.15) is 6.10 Å². The summed E-state index contributed by atoms with van der Waals surface area (Å²) in [6.45, 7) is 15.1. The Balaban J connectivity index is 0.000000179. The third-order valence-electron chi connectivity index (χ3n) is 9.42. The van der Waals surface area contributed by atoms with Gasteiger partial charge >= 0.3 is 0 Å². The standard InChI is InChI=1S/C15H29NO3.C9H16O2.C6H13NO.C6H12O/c1-12-8-16(9-13(2)19-12)10-14(17)11-18-15-6-4-3-5-7-15;1-2-4-8(5-3-1)10-6-9-7-11-9;1-5-3-7-4-6(2)8-5;7-6-4-2-1-3-5-6/h12-15,17H,3-11H2,1-2H3;8-9H,1-7H2;5-7H,3-4H2,1-2H3;6-7H,1-5H2. The Hall–Kier alpha value is -0.360. The van der Waals surface area contributed by atoms with E-state index in [1.165, 1.54) is 83.5 Å². The van der Waals surface area contributed by atoms with Crippen molar-refractivity contribution in [2.45, 2.75) is 179 Å². The zero-order valence-corrected chi connectivity index (χ0v) is 29.3. The predicted octanol–water partition coefficient (Wildman–Crippen LogP) is 5.23. The van der Waals surface area contributed by atoms with Crippen molar-refractivity contribution in [3.05, 3.63) is 0 Å². The SMILES string of the molecule is C1CCC(OCC2CO2)CC1.CC1CN(CC(O)COC2CCCCC2)CC(C)O1.CC1CNCC(C)O1.OC1CCCCC1. The van der Waals surface area contributed by atoms with Gasteiger partial charge in [-0.05, 0) is 66.2 Å². The predicted molar refractivity (Wildman–Crippen MR) is 180 cm³/mol. The fourth-order valence-corrected chi connectivity index (χ4v) is 6.97. The summed E-state index contributed by atoms with van der Waals surface area (Å²) >= 11 is 0. The van der Waals surface area contributed by atoms with Crippen LogP contribution >= 0.6 is 0 Å². The van der Waals surface area contributed by atoms with Crippen LogP contribution in [0.15, 0.2) is 0 Å². The average molecular weight is 643 g/mol. The number of hydrogen-bond acceptors (Lipinski definition) is 9. The summed E-state index contributed by atoms with van der Waals surface area (Å²) in [5.41, 5.74) is 0. The molecule has 6 unspecified atom stereocenters. The lowest BCUT2D eigenvalue weighted by Gasteiger charge is -2.36. The van der Waals surface area contributed by atoms with Crippen LogP contribution in [0.5, 0.6) is 0 Å².